The van der Waals surface area contributed by atoms with Crippen molar-refractivity contribution in [1.29, 1.82) is 0 Å². The summed E-state index contributed by atoms with van der Waals surface area (Å²) in [7, 11) is 0. The Labute approximate surface area is 109 Å². The highest BCUT2D eigenvalue weighted by Gasteiger charge is 2.29. The minimum absolute atomic E-state index is 0.278. The third-order valence-electron chi connectivity index (χ3n) is 2.78. The normalized spacial score (nSPS) is 16.6. The van der Waals surface area contributed by atoms with E-state index in [4.69, 9.17) is 0 Å². The number of rotatable bonds is 6. The van der Waals surface area contributed by atoms with Crippen LogP contribution in [0.2, 0.25) is 0 Å². The Hall–Kier alpha value is -0.880. The lowest BCUT2D eigenvalue weighted by Gasteiger charge is -2.13. The fourth-order valence-electron chi connectivity index (χ4n) is 1.63. The van der Waals surface area contributed by atoms with E-state index >= 15 is 0 Å². The first-order valence-electron chi connectivity index (χ1n) is 5.88. The van der Waals surface area contributed by atoms with Gasteiger partial charge in [0.25, 0.3) is 0 Å². The van der Waals surface area contributed by atoms with E-state index in [1.807, 2.05) is 6.92 Å². The van der Waals surface area contributed by atoms with E-state index in [0.29, 0.717) is 12.5 Å². The molecule has 2 rings (SSSR count). The molecule has 1 heterocycles. The van der Waals surface area contributed by atoms with Gasteiger partial charge in [0.1, 0.15) is 22.4 Å². The molecule has 94 valence electrons. The van der Waals surface area contributed by atoms with Gasteiger partial charge in [0.2, 0.25) is 0 Å². The van der Waals surface area contributed by atoms with Crippen molar-refractivity contribution < 1.29 is 5.11 Å². The van der Waals surface area contributed by atoms with Gasteiger partial charge in [-0.3, -0.25) is 0 Å². The molecule has 0 aromatic carbocycles. The number of aromatic nitrogens is 2. The first-order valence-corrected chi connectivity index (χ1v) is 6.68. The topological polar surface area (TPSA) is 70.1 Å². The SMILES string of the molecule is CCNc1ncnc(NCC(O)C2CC2)c1Br. The molecular weight excluding hydrogens is 284 g/mol. The summed E-state index contributed by atoms with van der Waals surface area (Å²) in [5.74, 6) is 1.96. The number of anilines is 2. The fourth-order valence-corrected chi connectivity index (χ4v) is 2.12. The molecule has 5 nitrogen and oxygen atoms in total. The maximum atomic E-state index is 9.78. The second kappa shape index (κ2) is 5.64. The summed E-state index contributed by atoms with van der Waals surface area (Å²) >= 11 is 3.45. The van der Waals surface area contributed by atoms with Gasteiger partial charge in [-0.25, -0.2) is 9.97 Å². The summed E-state index contributed by atoms with van der Waals surface area (Å²) in [5, 5.41) is 16.1. The van der Waals surface area contributed by atoms with Gasteiger partial charge in [0.05, 0.1) is 6.10 Å². The van der Waals surface area contributed by atoms with Crippen molar-refractivity contribution in [2.45, 2.75) is 25.9 Å². The number of aliphatic hydroxyl groups excluding tert-OH is 1. The zero-order chi connectivity index (χ0) is 12.3. The van der Waals surface area contributed by atoms with Crippen molar-refractivity contribution in [2.75, 3.05) is 23.7 Å². The highest BCUT2D eigenvalue weighted by molar-refractivity contribution is 9.10. The van der Waals surface area contributed by atoms with Crippen LogP contribution in [0, 0.1) is 5.92 Å². The molecule has 3 N–H and O–H groups in total. The van der Waals surface area contributed by atoms with Gasteiger partial charge < -0.3 is 15.7 Å². The number of nitrogens with zero attached hydrogens (tertiary/aromatic N) is 2. The molecule has 0 spiro atoms. The third-order valence-corrected chi connectivity index (χ3v) is 3.53. The third kappa shape index (κ3) is 3.29. The number of halogens is 1. The first-order chi connectivity index (χ1) is 8.22. The summed E-state index contributed by atoms with van der Waals surface area (Å²) in [6, 6.07) is 0. The minimum atomic E-state index is -0.278. The lowest BCUT2D eigenvalue weighted by molar-refractivity contribution is 0.164. The largest absolute Gasteiger partial charge is 0.391 e. The molecule has 6 heteroatoms. The minimum Gasteiger partial charge on any atom is -0.391 e. The van der Waals surface area contributed by atoms with E-state index < -0.39 is 0 Å². The summed E-state index contributed by atoms with van der Waals surface area (Å²) in [6.45, 7) is 3.35. The Bertz CT molecular complexity index is 384. The first kappa shape index (κ1) is 12.6. The van der Waals surface area contributed by atoms with Crippen molar-refractivity contribution in [2.24, 2.45) is 5.92 Å². The van der Waals surface area contributed by atoms with Crippen molar-refractivity contribution >= 4 is 27.6 Å². The maximum absolute atomic E-state index is 9.78. The van der Waals surface area contributed by atoms with Crippen LogP contribution in [-0.2, 0) is 0 Å². The Morgan fingerprint density at radius 2 is 2.06 bits per heavy atom. The molecular formula is C11H17BrN4O. The van der Waals surface area contributed by atoms with Gasteiger partial charge in [0, 0.05) is 13.1 Å². The Kier molecular flexibility index (Phi) is 4.17. The van der Waals surface area contributed by atoms with E-state index in [-0.39, 0.29) is 6.10 Å². The number of aliphatic hydroxyl groups is 1. The molecule has 1 aliphatic carbocycles. The van der Waals surface area contributed by atoms with E-state index in [1.54, 1.807) is 0 Å². The smallest absolute Gasteiger partial charge is 0.146 e. The molecule has 1 aliphatic rings. The van der Waals surface area contributed by atoms with Gasteiger partial charge >= 0.3 is 0 Å². The molecule has 17 heavy (non-hydrogen) atoms. The van der Waals surface area contributed by atoms with Crippen LogP contribution in [0.25, 0.3) is 0 Å². The molecule has 1 saturated carbocycles. The lowest BCUT2D eigenvalue weighted by Crippen LogP contribution is -2.22. The van der Waals surface area contributed by atoms with E-state index in [1.165, 1.54) is 6.33 Å². The van der Waals surface area contributed by atoms with Gasteiger partial charge in [-0.05, 0) is 41.6 Å². The molecule has 1 unspecified atom stereocenters. The van der Waals surface area contributed by atoms with Crippen LogP contribution in [-0.4, -0.2) is 34.3 Å². The molecule has 1 fully saturated rings. The summed E-state index contributed by atoms with van der Waals surface area (Å²) in [5.41, 5.74) is 0. The van der Waals surface area contributed by atoms with Gasteiger partial charge in [-0.15, -0.1) is 0 Å². The van der Waals surface area contributed by atoms with Crippen LogP contribution < -0.4 is 10.6 Å². The van der Waals surface area contributed by atoms with Crippen molar-refractivity contribution in [3.05, 3.63) is 10.8 Å². The highest BCUT2D eigenvalue weighted by Crippen LogP contribution is 2.33. The molecule has 1 aromatic heterocycles. The average molecular weight is 301 g/mol. The second-order valence-corrected chi connectivity index (χ2v) is 4.99. The van der Waals surface area contributed by atoms with E-state index in [9.17, 15) is 5.11 Å². The Morgan fingerprint density at radius 1 is 1.41 bits per heavy atom. The van der Waals surface area contributed by atoms with Crippen LogP contribution in [0.1, 0.15) is 19.8 Å². The quantitative estimate of drug-likeness (QED) is 0.748. The molecule has 0 amide bonds. The summed E-state index contributed by atoms with van der Waals surface area (Å²) < 4.78 is 0.810. The van der Waals surface area contributed by atoms with Crippen LogP contribution >= 0.6 is 15.9 Å². The number of nitrogens with one attached hydrogen (secondary N) is 2. The fraction of sp³-hybridized carbons (Fsp3) is 0.636. The van der Waals surface area contributed by atoms with Crippen molar-refractivity contribution in [3.63, 3.8) is 0 Å². The number of hydrogen-bond acceptors (Lipinski definition) is 5. The standard InChI is InChI=1S/C11H17BrN4O/c1-2-13-10-9(12)11(16-6-15-10)14-5-8(17)7-3-4-7/h6-8,17H,2-5H2,1H3,(H2,13,14,15,16). The zero-order valence-electron chi connectivity index (χ0n) is 9.78. The molecule has 1 atom stereocenters. The predicted molar refractivity (Wildman–Crippen MR) is 71.1 cm³/mol. The summed E-state index contributed by atoms with van der Waals surface area (Å²) in [4.78, 5) is 8.28. The molecule has 0 radical (unpaired) electrons. The van der Waals surface area contributed by atoms with Gasteiger partial charge in [-0.1, -0.05) is 0 Å². The molecule has 0 aliphatic heterocycles. The Balaban J connectivity index is 1.96. The average Bonchev–Trinajstić information content (AvgIpc) is 3.14. The van der Waals surface area contributed by atoms with Crippen LogP contribution in [0.5, 0.6) is 0 Å². The number of hydrogen-bond donors (Lipinski definition) is 3. The molecule has 0 saturated heterocycles. The van der Waals surface area contributed by atoms with Gasteiger partial charge in [-0.2, -0.15) is 0 Å². The van der Waals surface area contributed by atoms with Crippen LogP contribution in [0.15, 0.2) is 10.8 Å². The summed E-state index contributed by atoms with van der Waals surface area (Å²) in [6.07, 6.45) is 3.50. The Morgan fingerprint density at radius 3 is 2.65 bits per heavy atom. The van der Waals surface area contributed by atoms with Crippen LogP contribution in [0.4, 0.5) is 11.6 Å². The highest BCUT2D eigenvalue weighted by atomic mass is 79.9. The van der Waals surface area contributed by atoms with E-state index in [0.717, 1.165) is 35.5 Å². The van der Waals surface area contributed by atoms with Crippen molar-refractivity contribution in [3.8, 4) is 0 Å². The van der Waals surface area contributed by atoms with Gasteiger partial charge in [0.15, 0.2) is 0 Å². The predicted octanol–water partition coefficient (Wildman–Crippen LogP) is 1.85. The lowest BCUT2D eigenvalue weighted by atomic mass is 10.2. The van der Waals surface area contributed by atoms with E-state index in [2.05, 4.69) is 36.5 Å². The zero-order valence-corrected chi connectivity index (χ0v) is 11.4. The van der Waals surface area contributed by atoms with Crippen LogP contribution in [0.3, 0.4) is 0 Å². The monoisotopic (exact) mass is 300 g/mol. The van der Waals surface area contributed by atoms with Crippen molar-refractivity contribution in [1.82, 2.24) is 9.97 Å². The molecule has 0 bridgehead atoms. The maximum Gasteiger partial charge on any atom is 0.146 e. The molecule has 1 aromatic rings. The second-order valence-electron chi connectivity index (χ2n) is 4.20.